The third-order valence-electron chi connectivity index (χ3n) is 1.82. The van der Waals surface area contributed by atoms with E-state index in [1.165, 1.54) is 0 Å². The Morgan fingerprint density at radius 1 is 1.40 bits per heavy atom. The molecule has 0 aliphatic carbocycles. The van der Waals surface area contributed by atoms with Crippen LogP contribution >= 0.6 is 0 Å². The monoisotopic (exact) mass is 147 g/mol. The number of hydrogen-bond acceptors (Lipinski definition) is 4. The molecule has 0 rings (SSSR count). The van der Waals surface area contributed by atoms with Crippen molar-refractivity contribution in [3.63, 3.8) is 0 Å². The summed E-state index contributed by atoms with van der Waals surface area (Å²) in [5.41, 5.74) is -0.693. The van der Waals surface area contributed by atoms with Crippen molar-refractivity contribution in [3.8, 4) is 0 Å². The highest BCUT2D eigenvalue weighted by molar-refractivity contribution is 4.78. The van der Waals surface area contributed by atoms with Gasteiger partial charge in [0.2, 0.25) is 0 Å². The molecular formula is C6H13NO3. The molecule has 0 spiro atoms. The summed E-state index contributed by atoms with van der Waals surface area (Å²) < 4.78 is 0. The predicted molar refractivity (Wildman–Crippen MR) is 37.6 cm³/mol. The topological polar surface area (TPSA) is 69.9 Å². The van der Waals surface area contributed by atoms with Crippen molar-refractivity contribution < 1.29 is 10.2 Å². The van der Waals surface area contributed by atoms with Crippen LogP contribution in [0, 0.1) is 10.3 Å². The summed E-state index contributed by atoms with van der Waals surface area (Å²) >= 11 is 0. The second-order valence-corrected chi connectivity index (χ2v) is 2.46. The van der Waals surface area contributed by atoms with Gasteiger partial charge in [0, 0.05) is 5.41 Å². The lowest BCUT2D eigenvalue weighted by atomic mass is 9.87. The molecule has 0 unspecified atom stereocenters. The molecule has 0 bridgehead atoms. The van der Waals surface area contributed by atoms with Crippen molar-refractivity contribution in [1.29, 1.82) is 0 Å². The van der Waals surface area contributed by atoms with Crippen LogP contribution < -0.4 is 0 Å². The van der Waals surface area contributed by atoms with E-state index in [0.717, 1.165) is 0 Å². The molecule has 2 N–H and O–H groups in total. The highest BCUT2D eigenvalue weighted by Crippen LogP contribution is 2.20. The molecule has 0 aliphatic rings. The zero-order valence-corrected chi connectivity index (χ0v) is 6.08. The molecule has 0 aromatic rings. The number of nitrogens with zero attached hydrogens (tertiary/aromatic N) is 1. The molecule has 0 amide bonds. The van der Waals surface area contributed by atoms with Gasteiger partial charge in [0.1, 0.15) is 0 Å². The molecule has 0 radical (unpaired) electrons. The van der Waals surface area contributed by atoms with E-state index in [1.54, 1.807) is 6.92 Å². The van der Waals surface area contributed by atoms with Crippen molar-refractivity contribution >= 4 is 0 Å². The molecule has 10 heavy (non-hydrogen) atoms. The minimum absolute atomic E-state index is 0.0174. The summed E-state index contributed by atoms with van der Waals surface area (Å²) in [5, 5.41) is 20.1. The van der Waals surface area contributed by atoms with E-state index in [4.69, 9.17) is 10.2 Å². The maximum Gasteiger partial charge on any atom is 0.0911 e. The first kappa shape index (κ1) is 9.52. The fourth-order valence-electron chi connectivity index (χ4n) is 0.622. The molecule has 60 valence electrons. The fraction of sp³-hybridized carbons (Fsp3) is 1.00. The first-order valence-electron chi connectivity index (χ1n) is 3.25. The second-order valence-electron chi connectivity index (χ2n) is 2.46. The normalized spacial score (nSPS) is 11.5. The van der Waals surface area contributed by atoms with Crippen LogP contribution in [-0.2, 0) is 0 Å². The molecule has 0 saturated carbocycles. The van der Waals surface area contributed by atoms with E-state index in [9.17, 15) is 4.91 Å². The van der Waals surface area contributed by atoms with E-state index in [2.05, 4.69) is 5.18 Å². The lowest BCUT2D eigenvalue weighted by Gasteiger charge is -2.24. The van der Waals surface area contributed by atoms with Crippen LogP contribution in [0.15, 0.2) is 5.18 Å². The van der Waals surface area contributed by atoms with E-state index >= 15 is 0 Å². The van der Waals surface area contributed by atoms with E-state index in [1.807, 2.05) is 0 Å². The molecule has 4 heteroatoms. The first-order valence-corrected chi connectivity index (χ1v) is 3.25. The Labute approximate surface area is 59.8 Å². The van der Waals surface area contributed by atoms with Gasteiger partial charge in [-0.1, -0.05) is 12.1 Å². The van der Waals surface area contributed by atoms with E-state index < -0.39 is 5.41 Å². The third-order valence-corrected chi connectivity index (χ3v) is 1.82. The standard InChI is InChI=1S/C6H13NO3/c1-2-6(4-8,5-9)3-7-10/h8-9H,2-5H2,1H3. The predicted octanol–water partition coefficient (Wildman–Crippen LogP) is 0.134. The first-order chi connectivity index (χ1) is 4.74. The van der Waals surface area contributed by atoms with Crippen molar-refractivity contribution in [3.05, 3.63) is 4.91 Å². The second kappa shape index (κ2) is 4.35. The zero-order valence-electron chi connectivity index (χ0n) is 6.08. The van der Waals surface area contributed by atoms with Crippen LogP contribution in [-0.4, -0.2) is 30.0 Å². The van der Waals surface area contributed by atoms with Crippen LogP contribution in [0.1, 0.15) is 13.3 Å². The molecular weight excluding hydrogens is 134 g/mol. The summed E-state index contributed by atoms with van der Waals surface area (Å²) in [6.07, 6.45) is 0.561. The molecule has 0 heterocycles. The van der Waals surface area contributed by atoms with Gasteiger partial charge in [-0.2, -0.15) is 4.91 Å². The average Bonchev–Trinajstić information content (AvgIpc) is 2.01. The summed E-state index contributed by atoms with van der Waals surface area (Å²) in [4.78, 5) is 9.82. The summed E-state index contributed by atoms with van der Waals surface area (Å²) in [6, 6.07) is 0. The van der Waals surface area contributed by atoms with Gasteiger partial charge >= 0.3 is 0 Å². The molecule has 0 fully saturated rings. The Morgan fingerprint density at radius 3 is 2.00 bits per heavy atom. The van der Waals surface area contributed by atoms with Crippen LogP contribution in [0.3, 0.4) is 0 Å². The number of nitroso groups, excluding NO2 is 1. The maximum absolute atomic E-state index is 9.82. The largest absolute Gasteiger partial charge is 0.396 e. The molecule has 4 nitrogen and oxygen atoms in total. The van der Waals surface area contributed by atoms with Crippen molar-refractivity contribution in [1.82, 2.24) is 0 Å². The summed E-state index contributed by atoms with van der Waals surface area (Å²) in [5.74, 6) is 0. The Morgan fingerprint density at radius 2 is 1.90 bits per heavy atom. The highest BCUT2D eigenvalue weighted by Gasteiger charge is 2.26. The number of hydrogen-bond donors (Lipinski definition) is 2. The van der Waals surface area contributed by atoms with Gasteiger partial charge in [0.05, 0.1) is 19.8 Å². The maximum atomic E-state index is 9.82. The quantitative estimate of drug-likeness (QED) is 0.543. The molecule has 0 saturated heterocycles. The lowest BCUT2D eigenvalue weighted by molar-refractivity contribution is 0.0587. The third kappa shape index (κ3) is 2.04. The zero-order chi connectivity index (χ0) is 8.04. The Hall–Kier alpha value is -0.480. The minimum Gasteiger partial charge on any atom is -0.396 e. The van der Waals surface area contributed by atoms with Gasteiger partial charge in [0.15, 0.2) is 0 Å². The van der Waals surface area contributed by atoms with E-state index in [0.29, 0.717) is 6.42 Å². The molecule has 0 aromatic carbocycles. The molecule has 0 aliphatic heterocycles. The van der Waals surface area contributed by atoms with Crippen LogP contribution in [0.4, 0.5) is 0 Å². The number of aliphatic hydroxyl groups excluding tert-OH is 2. The van der Waals surface area contributed by atoms with Crippen LogP contribution in [0.2, 0.25) is 0 Å². The van der Waals surface area contributed by atoms with Gasteiger partial charge in [0.25, 0.3) is 0 Å². The van der Waals surface area contributed by atoms with Crippen molar-refractivity contribution in [2.24, 2.45) is 10.6 Å². The summed E-state index contributed by atoms with van der Waals surface area (Å²) in [6.45, 7) is 1.41. The Kier molecular flexibility index (Phi) is 4.14. The van der Waals surface area contributed by atoms with Crippen LogP contribution in [0.25, 0.3) is 0 Å². The molecule has 0 aromatic heterocycles. The number of aliphatic hydroxyl groups is 2. The van der Waals surface area contributed by atoms with Gasteiger partial charge < -0.3 is 10.2 Å². The van der Waals surface area contributed by atoms with Gasteiger partial charge in [-0.15, -0.1) is 0 Å². The summed E-state index contributed by atoms with van der Waals surface area (Å²) in [7, 11) is 0. The van der Waals surface area contributed by atoms with Gasteiger partial charge in [-0.3, -0.25) is 0 Å². The average molecular weight is 147 g/mol. The smallest absolute Gasteiger partial charge is 0.0911 e. The SMILES string of the molecule is CCC(CO)(CO)CN=O. The lowest BCUT2D eigenvalue weighted by Crippen LogP contribution is -2.32. The van der Waals surface area contributed by atoms with Crippen molar-refractivity contribution in [2.75, 3.05) is 19.8 Å². The van der Waals surface area contributed by atoms with Crippen molar-refractivity contribution in [2.45, 2.75) is 13.3 Å². The van der Waals surface area contributed by atoms with E-state index in [-0.39, 0.29) is 19.8 Å². The van der Waals surface area contributed by atoms with Gasteiger partial charge in [-0.25, -0.2) is 0 Å². The van der Waals surface area contributed by atoms with Gasteiger partial charge in [-0.05, 0) is 6.42 Å². The minimum atomic E-state index is -0.693. The fourth-order valence-corrected chi connectivity index (χ4v) is 0.622. The van der Waals surface area contributed by atoms with Crippen LogP contribution in [0.5, 0.6) is 0 Å². The Bertz CT molecular complexity index is 92.9. The highest BCUT2D eigenvalue weighted by atomic mass is 16.3. The number of rotatable bonds is 5. The molecule has 0 atom stereocenters. The Balaban J connectivity index is 4.00.